The summed E-state index contributed by atoms with van der Waals surface area (Å²) in [4.78, 5) is 0. The number of halogens is 1. The Balaban J connectivity index is 2.67. The highest BCUT2D eigenvalue weighted by atomic mass is 79.9. The third-order valence-electron chi connectivity index (χ3n) is 2.86. The summed E-state index contributed by atoms with van der Waals surface area (Å²) in [5.74, 6) is 2.10. The van der Waals surface area contributed by atoms with E-state index >= 15 is 0 Å². The van der Waals surface area contributed by atoms with Crippen LogP contribution in [0.1, 0.15) is 0 Å². The van der Waals surface area contributed by atoms with Gasteiger partial charge in [0.05, 0.1) is 26.9 Å². The van der Waals surface area contributed by atoms with Crippen molar-refractivity contribution in [3.8, 4) is 28.4 Å². The number of benzene rings is 2. The summed E-state index contributed by atoms with van der Waals surface area (Å²) in [5, 5.41) is 0. The Kier molecular flexibility index (Phi) is 4.32. The summed E-state index contributed by atoms with van der Waals surface area (Å²) in [5.41, 5.74) is 1.90. The maximum absolute atomic E-state index is 5.48. The van der Waals surface area contributed by atoms with Crippen molar-refractivity contribution in [2.45, 2.75) is 0 Å². The maximum atomic E-state index is 5.48. The standard InChI is InChI=1S/C15H15BrO3/c1-17-12-8-9-13(18-2)15(19-3)14(12)10-4-6-11(16)7-5-10/h4-9H,1-3H3. The van der Waals surface area contributed by atoms with Gasteiger partial charge in [0.15, 0.2) is 11.5 Å². The lowest BCUT2D eigenvalue weighted by Crippen LogP contribution is -1.96. The van der Waals surface area contributed by atoms with Gasteiger partial charge in [-0.25, -0.2) is 0 Å². The van der Waals surface area contributed by atoms with Crippen LogP contribution >= 0.6 is 15.9 Å². The molecule has 0 aliphatic rings. The average Bonchev–Trinajstić information content (AvgIpc) is 2.46. The quantitative estimate of drug-likeness (QED) is 0.846. The largest absolute Gasteiger partial charge is 0.496 e. The Bertz CT molecular complexity index is 564. The zero-order chi connectivity index (χ0) is 13.8. The van der Waals surface area contributed by atoms with Crippen LogP contribution in [-0.2, 0) is 0 Å². The van der Waals surface area contributed by atoms with E-state index < -0.39 is 0 Å². The summed E-state index contributed by atoms with van der Waals surface area (Å²) in [6.45, 7) is 0. The van der Waals surface area contributed by atoms with Crippen LogP contribution in [0.3, 0.4) is 0 Å². The summed E-state index contributed by atoms with van der Waals surface area (Å²) in [6.07, 6.45) is 0. The van der Waals surface area contributed by atoms with Gasteiger partial charge in [-0.3, -0.25) is 0 Å². The number of rotatable bonds is 4. The van der Waals surface area contributed by atoms with Gasteiger partial charge < -0.3 is 14.2 Å². The summed E-state index contributed by atoms with van der Waals surface area (Å²) in [7, 11) is 4.89. The Morgan fingerprint density at radius 3 is 1.84 bits per heavy atom. The van der Waals surface area contributed by atoms with Crippen molar-refractivity contribution in [3.05, 3.63) is 40.9 Å². The van der Waals surface area contributed by atoms with Gasteiger partial charge in [0.1, 0.15) is 5.75 Å². The molecule has 0 aliphatic carbocycles. The highest BCUT2D eigenvalue weighted by molar-refractivity contribution is 9.10. The van der Waals surface area contributed by atoms with Crippen LogP contribution < -0.4 is 14.2 Å². The fraction of sp³-hybridized carbons (Fsp3) is 0.200. The molecule has 0 radical (unpaired) electrons. The number of hydrogen-bond acceptors (Lipinski definition) is 3. The third-order valence-corrected chi connectivity index (χ3v) is 3.39. The minimum atomic E-state index is 0.671. The second-order valence-electron chi connectivity index (χ2n) is 3.89. The first-order valence-electron chi connectivity index (χ1n) is 5.76. The maximum Gasteiger partial charge on any atom is 0.172 e. The molecule has 19 heavy (non-hydrogen) atoms. The summed E-state index contributed by atoms with van der Waals surface area (Å²) >= 11 is 3.43. The fourth-order valence-corrected chi connectivity index (χ4v) is 2.23. The monoisotopic (exact) mass is 322 g/mol. The topological polar surface area (TPSA) is 27.7 Å². The van der Waals surface area contributed by atoms with Crippen LogP contribution in [0.5, 0.6) is 17.2 Å². The molecule has 4 heteroatoms. The van der Waals surface area contributed by atoms with E-state index in [1.807, 2.05) is 36.4 Å². The van der Waals surface area contributed by atoms with Crippen LogP contribution in [0.25, 0.3) is 11.1 Å². The minimum absolute atomic E-state index is 0.671. The van der Waals surface area contributed by atoms with Crippen LogP contribution in [0.15, 0.2) is 40.9 Å². The molecule has 0 atom stereocenters. The van der Waals surface area contributed by atoms with Crippen molar-refractivity contribution in [2.24, 2.45) is 0 Å². The first-order valence-corrected chi connectivity index (χ1v) is 6.55. The predicted octanol–water partition coefficient (Wildman–Crippen LogP) is 4.14. The summed E-state index contributed by atoms with van der Waals surface area (Å²) < 4.78 is 17.3. The van der Waals surface area contributed by atoms with Crippen molar-refractivity contribution < 1.29 is 14.2 Å². The lowest BCUT2D eigenvalue weighted by molar-refractivity contribution is 0.351. The van der Waals surface area contributed by atoms with E-state index in [0.717, 1.165) is 21.3 Å². The van der Waals surface area contributed by atoms with E-state index in [1.54, 1.807) is 21.3 Å². The first kappa shape index (κ1) is 13.7. The predicted molar refractivity (Wildman–Crippen MR) is 79.2 cm³/mol. The Morgan fingerprint density at radius 2 is 1.32 bits per heavy atom. The highest BCUT2D eigenvalue weighted by Gasteiger charge is 2.17. The zero-order valence-corrected chi connectivity index (χ0v) is 12.7. The molecule has 0 unspecified atom stereocenters. The highest BCUT2D eigenvalue weighted by Crippen LogP contribution is 2.44. The van der Waals surface area contributed by atoms with E-state index in [1.165, 1.54) is 0 Å². The van der Waals surface area contributed by atoms with Crippen molar-refractivity contribution >= 4 is 15.9 Å². The molecule has 100 valence electrons. The van der Waals surface area contributed by atoms with Crippen molar-refractivity contribution in [1.82, 2.24) is 0 Å². The molecule has 2 aromatic rings. The second kappa shape index (κ2) is 5.97. The van der Waals surface area contributed by atoms with Crippen LogP contribution in [0.4, 0.5) is 0 Å². The second-order valence-corrected chi connectivity index (χ2v) is 4.80. The molecular weight excluding hydrogens is 308 g/mol. The van der Waals surface area contributed by atoms with Crippen molar-refractivity contribution in [1.29, 1.82) is 0 Å². The van der Waals surface area contributed by atoms with E-state index in [0.29, 0.717) is 11.5 Å². The Hall–Kier alpha value is -1.68. The van der Waals surface area contributed by atoms with Gasteiger partial charge in [-0.1, -0.05) is 28.1 Å². The van der Waals surface area contributed by atoms with Gasteiger partial charge in [0.25, 0.3) is 0 Å². The van der Waals surface area contributed by atoms with Crippen LogP contribution in [0.2, 0.25) is 0 Å². The molecule has 0 bridgehead atoms. The van der Waals surface area contributed by atoms with Gasteiger partial charge in [0, 0.05) is 4.47 Å². The molecule has 0 N–H and O–H groups in total. The fourth-order valence-electron chi connectivity index (χ4n) is 1.97. The molecule has 0 aliphatic heterocycles. The number of hydrogen-bond donors (Lipinski definition) is 0. The Morgan fingerprint density at radius 1 is 0.737 bits per heavy atom. The first-order chi connectivity index (χ1) is 9.21. The van der Waals surface area contributed by atoms with Crippen molar-refractivity contribution in [2.75, 3.05) is 21.3 Å². The van der Waals surface area contributed by atoms with E-state index in [2.05, 4.69) is 15.9 Å². The van der Waals surface area contributed by atoms with Gasteiger partial charge in [-0.05, 0) is 29.8 Å². The molecule has 2 rings (SSSR count). The smallest absolute Gasteiger partial charge is 0.172 e. The van der Waals surface area contributed by atoms with Gasteiger partial charge in [0.2, 0.25) is 0 Å². The summed E-state index contributed by atoms with van der Waals surface area (Å²) in [6, 6.07) is 11.7. The molecule has 0 spiro atoms. The zero-order valence-electron chi connectivity index (χ0n) is 11.1. The average molecular weight is 323 g/mol. The third kappa shape index (κ3) is 2.68. The van der Waals surface area contributed by atoms with Crippen LogP contribution in [-0.4, -0.2) is 21.3 Å². The molecule has 0 heterocycles. The number of ether oxygens (including phenoxy) is 3. The van der Waals surface area contributed by atoms with Gasteiger partial charge in [-0.15, -0.1) is 0 Å². The SMILES string of the molecule is COc1ccc(OC)c(-c2ccc(Br)cc2)c1OC. The number of methoxy groups -OCH3 is 3. The molecule has 0 saturated carbocycles. The van der Waals surface area contributed by atoms with E-state index in [-0.39, 0.29) is 0 Å². The van der Waals surface area contributed by atoms with Gasteiger partial charge >= 0.3 is 0 Å². The van der Waals surface area contributed by atoms with Crippen LogP contribution in [0, 0.1) is 0 Å². The molecule has 0 fully saturated rings. The molecule has 0 amide bonds. The van der Waals surface area contributed by atoms with E-state index in [4.69, 9.17) is 14.2 Å². The normalized spacial score (nSPS) is 10.1. The van der Waals surface area contributed by atoms with E-state index in [9.17, 15) is 0 Å². The molecule has 3 nitrogen and oxygen atoms in total. The van der Waals surface area contributed by atoms with Crippen molar-refractivity contribution in [3.63, 3.8) is 0 Å². The molecule has 2 aromatic carbocycles. The lowest BCUT2D eigenvalue weighted by Gasteiger charge is -2.16. The minimum Gasteiger partial charge on any atom is -0.496 e. The molecular formula is C15H15BrO3. The lowest BCUT2D eigenvalue weighted by atomic mass is 10.0. The Labute approximate surface area is 121 Å². The van der Waals surface area contributed by atoms with Gasteiger partial charge in [-0.2, -0.15) is 0 Å². The molecule has 0 aromatic heterocycles. The molecule has 0 saturated heterocycles.